The molecule has 0 saturated carbocycles. The Labute approximate surface area is 258 Å². The minimum absolute atomic E-state index is 0.133. The van der Waals surface area contributed by atoms with E-state index in [1.54, 1.807) is 62.2 Å². The van der Waals surface area contributed by atoms with E-state index in [1.807, 2.05) is 57.2 Å². The molecule has 2 atom stereocenters. The summed E-state index contributed by atoms with van der Waals surface area (Å²) in [6.07, 6.45) is 1.20. The number of benzene rings is 3. The van der Waals surface area contributed by atoms with E-state index in [9.17, 15) is 14.7 Å². The number of phenolic OH excluding ortho intramolecular Hbond substituents is 1. The molecule has 1 heterocycles. The van der Waals surface area contributed by atoms with Gasteiger partial charge in [-0.3, -0.25) is 4.79 Å². The van der Waals surface area contributed by atoms with Crippen LogP contribution in [0.4, 0.5) is 10.5 Å². The minimum Gasteiger partial charge on any atom is -0.508 e. The summed E-state index contributed by atoms with van der Waals surface area (Å²) in [5, 5.41) is 12.9. The first kappa shape index (κ1) is 31.8. The molecule has 0 radical (unpaired) electrons. The zero-order chi connectivity index (χ0) is 32.0. The summed E-state index contributed by atoms with van der Waals surface area (Å²) < 4.78 is 5.55. The third-order valence-corrected chi connectivity index (χ3v) is 7.30. The summed E-state index contributed by atoms with van der Waals surface area (Å²) in [7, 11) is 0. The van der Waals surface area contributed by atoms with Crippen molar-refractivity contribution < 1.29 is 19.4 Å². The first-order chi connectivity index (χ1) is 20.8. The number of imidazole rings is 1. The van der Waals surface area contributed by atoms with Crippen LogP contribution in [0.15, 0.2) is 72.9 Å². The molecule has 44 heavy (non-hydrogen) atoms. The van der Waals surface area contributed by atoms with Gasteiger partial charge in [-0.2, -0.15) is 0 Å². The molecule has 3 N–H and O–H groups in total. The average Bonchev–Trinajstić information content (AvgIpc) is 3.46. The van der Waals surface area contributed by atoms with Crippen molar-refractivity contribution in [3.8, 4) is 17.0 Å². The van der Waals surface area contributed by atoms with E-state index in [-0.39, 0.29) is 24.6 Å². The molecule has 0 spiro atoms. The number of aromatic hydroxyl groups is 1. The number of carbonyl (C=O) groups is 2. The highest BCUT2D eigenvalue weighted by Crippen LogP contribution is 2.28. The Hall–Kier alpha value is -5.10. The van der Waals surface area contributed by atoms with Crippen molar-refractivity contribution in [2.75, 3.05) is 0 Å². The van der Waals surface area contributed by atoms with E-state index in [0.29, 0.717) is 11.5 Å². The van der Waals surface area contributed by atoms with Gasteiger partial charge in [-0.15, -0.1) is 0 Å². The zero-order valence-corrected chi connectivity index (χ0v) is 26.0. The van der Waals surface area contributed by atoms with Crippen molar-refractivity contribution >= 4 is 17.7 Å². The van der Waals surface area contributed by atoms with E-state index < -0.39 is 23.8 Å². The SMILES string of the molecule is [C-]#[N+]c1cccc(CN(C(=O)[C@H](Cc2c(C)cc(O)cc2C)NC(=O)OC(C)(C)C)[C@@H](C)c2ncc(-c3ccccc3)[nH]2)c1. The Bertz CT molecular complexity index is 1640. The molecule has 4 aromatic rings. The third kappa shape index (κ3) is 8.04. The number of nitrogens with zero attached hydrogens (tertiary/aromatic N) is 3. The maximum atomic E-state index is 14.6. The third-order valence-electron chi connectivity index (χ3n) is 7.30. The van der Waals surface area contributed by atoms with E-state index in [1.165, 1.54) is 0 Å². The van der Waals surface area contributed by atoms with Crippen LogP contribution in [0.3, 0.4) is 0 Å². The molecule has 228 valence electrons. The monoisotopic (exact) mass is 593 g/mol. The molecule has 0 bridgehead atoms. The fourth-order valence-corrected chi connectivity index (χ4v) is 5.13. The van der Waals surface area contributed by atoms with E-state index >= 15 is 0 Å². The second kappa shape index (κ2) is 13.5. The van der Waals surface area contributed by atoms with Crippen LogP contribution in [0.2, 0.25) is 0 Å². The number of hydrogen-bond donors (Lipinski definition) is 3. The summed E-state index contributed by atoms with van der Waals surface area (Å²) in [6.45, 7) is 18.5. The second-order valence-corrected chi connectivity index (χ2v) is 11.9. The number of alkyl carbamates (subject to hydrolysis) is 1. The molecule has 0 saturated heterocycles. The molecule has 0 aliphatic carbocycles. The Morgan fingerprint density at radius 3 is 2.39 bits per heavy atom. The number of amides is 2. The summed E-state index contributed by atoms with van der Waals surface area (Å²) in [5.74, 6) is 0.362. The first-order valence-corrected chi connectivity index (χ1v) is 14.5. The lowest BCUT2D eigenvalue weighted by molar-refractivity contribution is -0.136. The van der Waals surface area contributed by atoms with E-state index in [0.717, 1.165) is 33.5 Å². The number of phenols is 1. The zero-order valence-electron chi connectivity index (χ0n) is 26.0. The fraction of sp³-hybridized carbons (Fsp3) is 0.314. The second-order valence-electron chi connectivity index (χ2n) is 11.9. The van der Waals surface area contributed by atoms with Crippen molar-refractivity contribution in [3.05, 3.63) is 112 Å². The van der Waals surface area contributed by atoms with Crippen LogP contribution in [-0.2, 0) is 22.5 Å². The smallest absolute Gasteiger partial charge is 0.408 e. The predicted octanol–water partition coefficient (Wildman–Crippen LogP) is 7.18. The summed E-state index contributed by atoms with van der Waals surface area (Å²) in [6, 6.07) is 18.7. The lowest BCUT2D eigenvalue weighted by Crippen LogP contribution is -2.51. The van der Waals surface area contributed by atoms with Crippen LogP contribution in [0.1, 0.15) is 61.8 Å². The van der Waals surface area contributed by atoms with Crippen molar-refractivity contribution in [1.82, 2.24) is 20.2 Å². The van der Waals surface area contributed by atoms with E-state index in [2.05, 4.69) is 20.1 Å². The van der Waals surface area contributed by atoms with Crippen LogP contribution in [0.5, 0.6) is 5.75 Å². The Balaban J connectivity index is 1.75. The van der Waals surface area contributed by atoms with Gasteiger partial charge in [0.1, 0.15) is 23.2 Å². The summed E-state index contributed by atoms with van der Waals surface area (Å²) in [5.41, 5.74) is 4.68. The van der Waals surface area contributed by atoms with Crippen molar-refractivity contribution in [2.45, 2.75) is 72.2 Å². The Morgan fingerprint density at radius 2 is 1.75 bits per heavy atom. The van der Waals surface area contributed by atoms with Gasteiger partial charge in [-0.05, 0) is 81.5 Å². The van der Waals surface area contributed by atoms with Gasteiger partial charge in [-0.25, -0.2) is 14.6 Å². The molecule has 0 fully saturated rings. The Morgan fingerprint density at radius 1 is 1.07 bits per heavy atom. The van der Waals surface area contributed by atoms with E-state index in [4.69, 9.17) is 11.3 Å². The Kier molecular flexibility index (Phi) is 9.74. The number of rotatable bonds is 9. The number of H-pyrrole nitrogens is 1. The lowest BCUT2D eigenvalue weighted by Gasteiger charge is -2.33. The number of hydrogen-bond acceptors (Lipinski definition) is 5. The highest BCUT2D eigenvalue weighted by atomic mass is 16.6. The summed E-state index contributed by atoms with van der Waals surface area (Å²) in [4.78, 5) is 40.8. The molecule has 1 aromatic heterocycles. The topological polar surface area (TPSA) is 112 Å². The molecule has 0 aliphatic heterocycles. The number of ether oxygens (including phenoxy) is 1. The van der Waals surface area contributed by atoms with Gasteiger partial charge in [0.2, 0.25) is 5.91 Å². The van der Waals surface area contributed by atoms with Gasteiger partial charge < -0.3 is 25.0 Å². The standard InChI is InChI=1S/C35H39N5O4/c1-22-16-28(41)17-23(2)29(22)19-30(39-34(43)44-35(4,5)6)33(42)40(21-25-12-11-15-27(18-25)36-7)24(3)32-37-20-31(38-32)26-13-9-8-10-14-26/h8-18,20,24,30,41H,19,21H2,1-6H3,(H,37,38)(H,39,43)/t24-,30-/m0/s1. The highest BCUT2D eigenvalue weighted by Gasteiger charge is 2.33. The van der Waals surface area contributed by atoms with Crippen molar-refractivity contribution in [2.24, 2.45) is 0 Å². The highest BCUT2D eigenvalue weighted by molar-refractivity contribution is 5.86. The molecular formula is C35H39N5O4. The predicted molar refractivity (Wildman–Crippen MR) is 170 cm³/mol. The van der Waals surface area contributed by atoms with Crippen molar-refractivity contribution in [3.63, 3.8) is 0 Å². The van der Waals surface area contributed by atoms with Crippen LogP contribution in [0, 0.1) is 20.4 Å². The molecular weight excluding hydrogens is 554 g/mol. The maximum absolute atomic E-state index is 14.6. The summed E-state index contributed by atoms with van der Waals surface area (Å²) >= 11 is 0. The normalized spacial score (nSPS) is 12.6. The van der Waals surface area contributed by atoms with Gasteiger partial charge in [0.25, 0.3) is 0 Å². The molecule has 9 heteroatoms. The van der Waals surface area contributed by atoms with Crippen LogP contribution in [0.25, 0.3) is 16.1 Å². The van der Waals surface area contributed by atoms with Gasteiger partial charge in [-0.1, -0.05) is 54.6 Å². The van der Waals surface area contributed by atoms with Crippen LogP contribution < -0.4 is 5.32 Å². The van der Waals surface area contributed by atoms with Gasteiger partial charge >= 0.3 is 6.09 Å². The quantitative estimate of drug-likeness (QED) is 0.178. The molecule has 2 amide bonds. The first-order valence-electron chi connectivity index (χ1n) is 14.5. The number of aromatic amines is 1. The molecule has 0 unspecified atom stereocenters. The molecule has 9 nitrogen and oxygen atoms in total. The fourth-order valence-electron chi connectivity index (χ4n) is 5.13. The average molecular weight is 594 g/mol. The number of carbonyl (C=O) groups excluding carboxylic acids is 2. The lowest BCUT2D eigenvalue weighted by atomic mass is 9.95. The van der Waals surface area contributed by atoms with Gasteiger partial charge in [0.15, 0.2) is 5.69 Å². The van der Waals surface area contributed by atoms with Gasteiger partial charge in [0.05, 0.1) is 24.5 Å². The van der Waals surface area contributed by atoms with Crippen LogP contribution in [-0.4, -0.2) is 43.6 Å². The number of nitrogens with one attached hydrogen (secondary N) is 2. The molecule has 4 rings (SSSR count). The molecule has 0 aliphatic rings. The maximum Gasteiger partial charge on any atom is 0.408 e. The number of aryl methyl sites for hydroxylation is 2. The largest absolute Gasteiger partial charge is 0.508 e. The van der Waals surface area contributed by atoms with Gasteiger partial charge in [0, 0.05) is 13.0 Å². The van der Waals surface area contributed by atoms with Crippen LogP contribution >= 0.6 is 0 Å². The molecule has 3 aromatic carbocycles. The minimum atomic E-state index is -0.998. The van der Waals surface area contributed by atoms with Crippen molar-refractivity contribution in [1.29, 1.82) is 0 Å². The number of aromatic nitrogens is 2.